The summed E-state index contributed by atoms with van der Waals surface area (Å²) in [4.78, 5) is 18.4. The maximum atomic E-state index is 11.5. The molecule has 1 heterocycles. The number of carbonyl (C=O) groups is 1. The van der Waals surface area contributed by atoms with Gasteiger partial charge in [0.1, 0.15) is 5.75 Å². The molecule has 27 heavy (non-hydrogen) atoms. The molecule has 0 aliphatic heterocycles. The minimum absolute atomic E-state index is 0.0223. The number of hydrogen-bond donors (Lipinski definition) is 3. The second-order valence-corrected chi connectivity index (χ2v) is 7.14. The van der Waals surface area contributed by atoms with Gasteiger partial charge in [0, 0.05) is 29.9 Å². The predicted octanol–water partition coefficient (Wildman–Crippen LogP) is 2.69. The Morgan fingerprint density at radius 2 is 1.85 bits per heavy atom. The predicted molar refractivity (Wildman–Crippen MR) is 111 cm³/mol. The molecule has 1 aromatic heterocycles. The molecule has 0 bridgehead atoms. The average molecular weight is 389 g/mol. The van der Waals surface area contributed by atoms with Crippen molar-refractivity contribution in [3.63, 3.8) is 0 Å². The Kier molecular flexibility index (Phi) is 8.64. The van der Waals surface area contributed by atoms with Crippen molar-refractivity contribution in [3.05, 3.63) is 51.7 Å². The van der Waals surface area contributed by atoms with Crippen LogP contribution in [0.15, 0.2) is 41.4 Å². The Hall–Kier alpha value is -2.54. The van der Waals surface area contributed by atoms with Gasteiger partial charge in [-0.15, -0.1) is 11.3 Å². The molecule has 7 heteroatoms. The highest BCUT2D eigenvalue weighted by Gasteiger charge is 2.04. The second kappa shape index (κ2) is 11.2. The molecular weight excluding hydrogens is 360 g/mol. The van der Waals surface area contributed by atoms with Crippen LogP contribution >= 0.6 is 11.3 Å². The molecule has 0 unspecified atom stereocenters. The van der Waals surface area contributed by atoms with Gasteiger partial charge in [-0.1, -0.05) is 19.1 Å². The summed E-state index contributed by atoms with van der Waals surface area (Å²) in [7, 11) is 1.76. The number of likely N-dealkylation sites (N-methyl/N-ethyl adjacent to an activating group) is 1. The first kappa shape index (κ1) is 20.8. The van der Waals surface area contributed by atoms with E-state index in [9.17, 15) is 4.79 Å². The fraction of sp³-hybridized carbons (Fsp3) is 0.400. The Morgan fingerprint density at radius 1 is 1.07 bits per heavy atom. The highest BCUT2D eigenvalue weighted by Crippen LogP contribution is 2.16. The molecule has 2 rings (SSSR count). The highest BCUT2D eigenvalue weighted by molar-refractivity contribution is 7.11. The highest BCUT2D eigenvalue weighted by atomic mass is 32.1. The zero-order valence-electron chi connectivity index (χ0n) is 16.2. The first-order valence-electron chi connectivity index (χ1n) is 9.15. The van der Waals surface area contributed by atoms with Gasteiger partial charge in [-0.3, -0.25) is 9.79 Å². The van der Waals surface area contributed by atoms with Crippen molar-refractivity contribution in [2.45, 2.75) is 33.4 Å². The summed E-state index contributed by atoms with van der Waals surface area (Å²) >= 11 is 1.82. The van der Waals surface area contributed by atoms with Crippen molar-refractivity contribution in [1.82, 2.24) is 16.0 Å². The number of rotatable bonds is 9. The van der Waals surface area contributed by atoms with E-state index in [0.717, 1.165) is 24.5 Å². The minimum Gasteiger partial charge on any atom is -0.484 e. The summed E-state index contributed by atoms with van der Waals surface area (Å²) in [6.07, 6.45) is 1.07. The zero-order chi connectivity index (χ0) is 19.5. The molecule has 0 saturated carbocycles. The van der Waals surface area contributed by atoms with Crippen molar-refractivity contribution in [3.8, 4) is 5.75 Å². The third kappa shape index (κ3) is 7.30. The quantitative estimate of drug-likeness (QED) is 0.456. The number of benzene rings is 1. The molecule has 0 atom stereocenters. The molecule has 1 amide bonds. The van der Waals surface area contributed by atoms with E-state index in [1.165, 1.54) is 9.75 Å². The van der Waals surface area contributed by atoms with Crippen LogP contribution in [0.3, 0.4) is 0 Å². The molecule has 6 nitrogen and oxygen atoms in total. The number of nitrogens with one attached hydrogen (secondary N) is 3. The summed E-state index contributed by atoms with van der Waals surface area (Å²) in [5, 5.41) is 9.34. The van der Waals surface area contributed by atoms with Gasteiger partial charge in [-0.25, -0.2) is 0 Å². The number of hydrogen-bond acceptors (Lipinski definition) is 4. The van der Waals surface area contributed by atoms with E-state index in [4.69, 9.17) is 4.74 Å². The SMILES string of the molecule is CCNC(=O)COc1cccc(CNC(=NC)NCc2ccc(CC)s2)c1. The summed E-state index contributed by atoms with van der Waals surface area (Å²) in [5.41, 5.74) is 1.05. The van der Waals surface area contributed by atoms with Crippen molar-refractivity contribution < 1.29 is 9.53 Å². The summed E-state index contributed by atoms with van der Waals surface area (Å²) < 4.78 is 5.53. The smallest absolute Gasteiger partial charge is 0.257 e. The molecular formula is C20H28N4O2S. The summed E-state index contributed by atoms with van der Waals surface area (Å²) in [6.45, 7) is 6.03. The molecule has 0 saturated heterocycles. The fourth-order valence-corrected chi connectivity index (χ4v) is 3.32. The molecule has 0 radical (unpaired) electrons. The molecule has 0 aliphatic carbocycles. The van der Waals surface area contributed by atoms with E-state index in [0.29, 0.717) is 18.8 Å². The summed E-state index contributed by atoms with van der Waals surface area (Å²) in [6, 6.07) is 12.0. The van der Waals surface area contributed by atoms with Crippen molar-refractivity contribution in [2.24, 2.45) is 4.99 Å². The average Bonchev–Trinajstić information content (AvgIpc) is 3.15. The zero-order valence-corrected chi connectivity index (χ0v) is 17.0. The lowest BCUT2D eigenvalue weighted by atomic mass is 10.2. The molecule has 2 aromatic rings. The lowest BCUT2D eigenvalue weighted by molar-refractivity contribution is -0.122. The third-order valence-corrected chi connectivity index (χ3v) is 5.05. The van der Waals surface area contributed by atoms with Gasteiger partial charge in [-0.05, 0) is 43.2 Å². The van der Waals surface area contributed by atoms with Gasteiger partial charge >= 0.3 is 0 Å². The molecule has 0 aliphatic rings. The van der Waals surface area contributed by atoms with Crippen LogP contribution in [0.2, 0.25) is 0 Å². The second-order valence-electron chi connectivity index (χ2n) is 5.89. The topological polar surface area (TPSA) is 74.8 Å². The van der Waals surface area contributed by atoms with Gasteiger partial charge in [0.05, 0.1) is 6.54 Å². The lowest BCUT2D eigenvalue weighted by Gasteiger charge is -2.12. The van der Waals surface area contributed by atoms with Crippen LogP contribution < -0.4 is 20.7 Å². The number of aryl methyl sites for hydroxylation is 1. The number of carbonyl (C=O) groups excluding carboxylic acids is 1. The molecule has 0 spiro atoms. The Bertz CT molecular complexity index is 758. The van der Waals surface area contributed by atoms with Gasteiger partial charge in [0.15, 0.2) is 12.6 Å². The number of thiophene rings is 1. The van der Waals surface area contributed by atoms with Crippen LogP contribution in [0, 0.1) is 0 Å². The normalized spacial score (nSPS) is 11.1. The number of ether oxygens (including phenoxy) is 1. The first-order chi connectivity index (χ1) is 13.1. The summed E-state index contributed by atoms with van der Waals surface area (Å²) in [5.74, 6) is 1.30. The van der Waals surface area contributed by atoms with Crippen molar-refractivity contribution >= 4 is 23.2 Å². The standard InChI is InChI=1S/C20H28N4O2S/c1-4-17-9-10-18(27-17)13-24-20(21-3)23-12-15-7-6-8-16(11-15)26-14-19(25)22-5-2/h6-11H,4-5,12-14H2,1-3H3,(H,22,25)(H2,21,23,24). The third-order valence-electron chi connectivity index (χ3n) is 3.82. The van der Waals surface area contributed by atoms with Gasteiger partial charge < -0.3 is 20.7 Å². The largest absolute Gasteiger partial charge is 0.484 e. The van der Waals surface area contributed by atoms with Crippen LogP contribution in [-0.4, -0.2) is 32.1 Å². The van der Waals surface area contributed by atoms with Crippen LogP contribution in [0.25, 0.3) is 0 Å². The van der Waals surface area contributed by atoms with E-state index in [1.54, 1.807) is 7.05 Å². The first-order valence-corrected chi connectivity index (χ1v) is 9.96. The number of guanidine groups is 1. The van der Waals surface area contributed by atoms with Gasteiger partial charge in [0.2, 0.25) is 0 Å². The van der Waals surface area contributed by atoms with Crippen LogP contribution in [0.5, 0.6) is 5.75 Å². The van der Waals surface area contributed by atoms with Crippen LogP contribution in [-0.2, 0) is 24.3 Å². The molecule has 1 aromatic carbocycles. The Labute approximate surface area is 165 Å². The Balaban J connectivity index is 1.81. The van der Waals surface area contributed by atoms with E-state index in [-0.39, 0.29) is 12.5 Å². The van der Waals surface area contributed by atoms with E-state index in [2.05, 4.69) is 40.0 Å². The number of amides is 1. The molecule has 0 fully saturated rings. The van der Waals surface area contributed by atoms with Gasteiger partial charge in [-0.2, -0.15) is 0 Å². The number of nitrogens with zero attached hydrogens (tertiary/aromatic N) is 1. The maximum absolute atomic E-state index is 11.5. The fourth-order valence-electron chi connectivity index (χ4n) is 2.43. The van der Waals surface area contributed by atoms with E-state index >= 15 is 0 Å². The van der Waals surface area contributed by atoms with Crippen LogP contribution in [0.4, 0.5) is 0 Å². The molecule has 3 N–H and O–H groups in total. The van der Waals surface area contributed by atoms with E-state index in [1.807, 2.05) is 42.5 Å². The minimum atomic E-state index is -0.120. The Morgan fingerprint density at radius 3 is 2.56 bits per heavy atom. The van der Waals surface area contributed by atoms with E-state index < -0.39 is 0 Å². The maximum Gasteiger partial charge on any atom is 0.257 e. The number of aliphatic imine (C=N–C) groups is 1. The van der Waals surface area contributed by atoms with Crippen LogP contribution in [0.1, 0.15) is 29.2 Å². The van der Waals surface area contributed by atoms with Gasteiger partial charge in [0.25, 0.3) is 5.91 Å². The van der Waals surface area contributed by atoms with Crippen molar-refractivity contribution in [1.29, 1.82) is 0 Å². The van der Waals surface area contributed by atoms with Crippen molar-refractivity contribution in [2.75, 3.05) is 20.2 Å². The lowest BCUT2D eigenvalue weighted by Crippen LogP contribution is -2.36. The molecule has 146 valence electrons. The monoisotopic (exact) mass is 388 g/mol.